The number of carbonyl (C=O) groups is 1. The molecule has 122 valence electrons. The Morgan fingerprint density at radius 2 is 1.96 bits per heavy atom. The van der Waals surface area contributed by atoms with E-state index in [1.165, 1.54) is 18.2 Å². The second kappa shape index (κ2) is 5.89. The fourth-order valence-electron chi connectivity index (χ4n) is 2.48. The molecular weight excluding hydrogens is 332 g/mol. The van der Waals surface area contributed by atoms with Crippen molar-refractivity contribution in [1.29, 1.82) is 5.41 Å². The van der Waals surface area contributed by atoms with E-state index in [1.807, 2.05) is 0 Å². The average Bonchev–Trinajstić information content (AvgIpc) is 2.52. The molecule has 5 N–H and O–H groups in total. The van der Waals surface area contributed by atoms with Crippen LogP contribution >= 0.6 is 11.8 Å². The Balaban J connectivity index is 2.25. The van der Waals surface area contributed by atoms with Crippen molar-refractivity contribution in [3.8, 4) is 5.75 Å². The van der Waals surface area contributed by atoms with Gasteiger partial charge in [0, 0.05) is 16.5 Å². The standard InChI is InChI=1S/C16H12N2O5S/c17-16(18)24-11-6-7(19)5-9(13(11)20)12-8-3-1-2-4-10(8)23-15(22)14(12)21/h1-6,11,19,21H,(H3,17,18). The lowest BCUT2D eigenvalue weighted by Crippen LogP contribution is -2.24. The minimum atomic E-state index is -0.984. The molecule has 24 heavy (non-hydrogen) atoms. The Hall–Kier alpha value is -3.00. The SMILES string of the molecule is N=C(N)SC1C=C(O)C=C(c2c(O)c(=O)oc3ccccc23)C1=O. The molecule has 1 atom stereocenters. The van der Waals surface area contributed by atoms with E-state index in [2.05, 4.69) is 0 Å². The number of Topliss-reactive ketones (excluding diaryl/α,β-unsaturated/α-hetero) is 1. The lowest BCUT2D eigenvalue weighted by atomic mass is 9.92. The Labute approximate surface area is 139 Å². The van der Waals surface area contributed by atoms with Crippen LogP contribution in [0.2, 0.25) is 0 Å². The number of hydrogen-bond donors (Lipinski definition) is 4. The molecule has 0 amide bonds. The smallest absolute Gasteiger partial charge is 0.379 e. The molecule has 2 aromatic rings. The second-order valence-electron chi connectivity index (χ2n) is 5.03. The van der Waals surface area contributed by atoms with Gasteiger partial charge in [-0.1, -0.05) is 30.0 Å². The Morgan fingerprint density at radius 3 is 2.67 bits per heavy atom. The van der Waals surface area contributed by atoms with Crippen LogP contribution in [0.15, 0.2) is 51.4 Å². The highest BCUT2D eigenvalue weighted by molar-refractivity contribution is 8.14. The molecule has 1 aliphatic rings. The van der Waals surface area contributed by atoms with Crippen LogP contribution in [0.1, 0.15) is 5.56 Å². The molecule has 0 spiro atoms. The number of carbonyl (C=O) groups excluding carboxylic acids is 1. The van der Waals surface area contributed by atoms with Crippen molar-refractivity contribution < 1.29 is 19.4 Å². The van der Waals surface area contributed by atoms with Crippen LogP contribution in [0, 0.1) is 5.41 Å². The van der Waals surface area contributed by atoms with Crippen LogP contribution in [0.25, 0.3) is 16.5 Å². The summed E-state index contributed by atoms with van der Waals surface area (Å²) in [5.74, 6) is -1.42. The molecule has 0 radical (unpaired) electrons. The van der Waals surface area contributed by atoms with Crippen molar-refractivity contribution in [1.82, 2.24) is 0 Å². The number of amidine groups is 1. The van der Waals surface area contributed by atoms with Crippen molar-refractivity contribution in [2.45, 2.75) is 5.25 Å². The summed E-state index contributed by atoms with van der Waals surface area (Å²) in [5, 5.41) is 26.5. The normalized spacial score (nSPS) is 17.5. The van der Waals surface area contributed by atoms with Gasteiger partial charge in [0.25, 0.3) is 0 Å². The average molecular weight is 344 g/mol. The number of para-hydroxylation sites is 1. The van der Waals surface area contributed by atoms with Gasteiger partial charge >= 0.3 is 5.63 Å². The molecule has 0 fully saturated rings. The quantitative estimate of drug-likeness (QED) is 0.371. The van der Waals surface area contributed by atoms with E-state index in [0.29, 0.717) is 5.39 Å². The summed E-state index contributed by atoms with van der Waals surface area (Å²) in [6, 6.07) is 6.43. The fourth-order valence-corrected chi connectivity index (χ4v) is 3.20. The van der Waals surface area contributed by atoms with Crippen molar-refractivity contribution in [2.24, 2.45) is 5.73 Å². The third-order valence-electron chi connectivity index (χ3n) is 3.45. The zero-order valence-electron chi connectivity index (χ0n) is 12.1. The van der Waals surface area contributed by atoms with Gasteiger partial charge in [0.2, 0.25) is 5.75 Å². The zero-order valence-corrected chi connectivity index (χ0v) is 13.0. The van der Waals surface area contributed by atoms with Crippen molar-refractivity contribution >= 4 is 39.3 Å². The van der Waals surface area contributed by atoms with Crippen LogP contribution in [-0.4, -0.2) is 26.4 Å². The highest BCUT2D eigenvalue weighted by Crippen LogP contribution is 2.36. The monoisotopic (exact) mass is 344 g/mol. The fraction of sp³-hybridized carbons (Fsp3) is 0.0625. The summed E-state index contributed by atoms with van der Waals surface area (Å²) in [4.78, 5) is 24.5. The van der Waals surface area contributed by atoms with Crippen molar-refractivity contribution in [3.63, 3.8) is 0 Å². The maximum atomic E-state index is 12.7. The summed E-state index contributed by atoms with van der Waals surface area (Å²) in [6.07, 6.45) is 2.42. The summed E-state index contributed by atoms with van der Waals surface area (Å²) >= 11 is 0.752. The number of ketones is 1. The van der Waals surface area contributed by atoms with Crippen LogP contribution in [0.5, 0.6) is 5.75 Å². The van der Waals surface area contributed by atoms with Gasteiger partial charge in [-0.25, -0.2) is 4.79 Å². The second-order valence-corrected chi connectivity index (χ2v) is 6.21. The number of nitrogens with two attached hydrogens (primary N) is 1. The lowest BCUT2D eigenvalue weighted by Gasteiger charge is -2.19. The number of benzene rings is 1. The molecule has 3 rings (SSSR count). The number of thioether (sulfide) groups is 1. The van der Waals surface area contributed by atoms with E-state index in [-0.39, 0.29) is 27.6 Å². The first kappa shape index (κ1) is 15.9. The molecule has 0 aliphatic heterocycles. The minimum absolute atomic E-state index is 0.0133. The van der Waals surface area contributed by atoms with Crippen LogP contribution in [0.3, 0.4) is 0 Å². The Kier molecular flexibility index (Phi) is 3.90. The number of aliphatic hydroxyl groups is 1. The molecule has 0 bridgehead atoms. The number of nitrogens with one attached hydrogen (secondary N) is 1. The third kappa shape index (κ3) is 2.67. The van der Waals surface area contributed by atoms with Crippen molar-refractivity contribution in [2.75, 3.05) is 0 Å². The highest BCUT2D eigenvalue weighted by Gasteiger charge is 2.31. The van der Waals surface area contributed by atoms with Gasteiger partial charge in [-0.15, -0.1) is 0 Å². The number of aromatic hydroxyl groups is 1. The number of aliphatic hydroxyl groups excluding tert-OH is 1. The maximum Gasteiger partial charge on any atom is 0.379 e. The zero-order chi connectivity index (χ0) is 17.4. The molecule has 0 saturated heterocycles. The predicted molar refractivity (Wildman–Crippen MR) is 91.1 cm³/mol. The van der Waals surface area contributed by atoms with Gasteiger partial charge in [-0.05, 0) is 18.2 Å². The summed E-state index contributed by atoms with van der Waals surface area (Å²) in [6.45, 7) is 0. The van der Waals surface area contributed by atoms with Gasteiger partial charge in [0.1, 0.15) is 11.3 Å². The first-order chi connectivity index (χ1) is 11.4. The van der Waals surface area contributed by atoms with Gasteiger partial charge in [0.05, 0.1) is 5.25 Å². The number of fused-ring (bicyclic) bond motifs is 1. The van der Waals surface area contributed by atoms with Crippen LogP contribution < -0.4 is 11.4 Å². The van der Waals surface area contributed by atoms with E-state index < -0.39 is 22.4 Å². The molecule has 1 aromatic carbocycles. The van der Waals surface area contributed by atoms with Gasteiger partial charge in [-0.2, -0.15) is 0 Å². The van der Waals surface area contributed by atoms with E-state index in [0.717, 1.165) is 11.8 Å². The van der Waals surface area contributed by atoms with Crippen LogP contribution in [0.4, 0.5) is 0 Å². The molecular formula is C16H12N2O5S. The molecule has 0 saturated carbocycles. The maximum absolute atomic E-state index is 12.7. The van der Waals surface area contributed by atoms with Crippen LogP contribution in [-0.2, 0) is 4.79 Å². The molecule has 8 heteroatoms. The van der Waals surface area contributed by atoms with Gasteiger partial charge in [-0.3, -0.25) is 10.2 Å². The predicted octanol–water partition coefficient (Wildman–Crippen LogP) is 1.90. The minimum Gasteiger partial charge on any atom is -0.508 e. The molecule has 1 heterocycles. The Morgan fingerprint density at radius 1 is 1.25 bits per heavy atom. The number of rotatable bonds is 2. The van der Waals surface area contributed by atoms with E-state index in [9.17, 15) is 19.8 Å². The number of allylic oxidation sites excluding steroid dienone is 2. The summed E-state index contributed by atoms with van der Waals surface area (Å²) in [5.41, 5.74) is 4.47. The number of hydrogen-bond acceptors (Lipinski definition) is 7. The first-order valence-electron chi connectivity index (χ1n) is 6.81. The van der Waals surface area contributed by atoms with E-state index in [1.54, 1.807) is 18.2 Å². The van der Waals surface area contributed by atoms with Gasteiger partial charge < -0.3 is 20.4 Å². The summed E-state index contributed by atoms with van der Waals surface area (Å²) in [7, 11) is 0. The lowest BCUT2D eigenvalue weighted by molar-refractivity contribution is -0.112. The van der Waals surface area contributed by atoms with E-state index >= 15 is 0 Å². The van der Waals surface area contributed by atoms with Crippen molar-refractivity contribution in [3.05, 3.63) is 58.2 Å². The molecule has 1 aliphatic carbocycles. The molecule has 1 unspecified atom stereocenters. The first-order valence-corrected chi connectivity index (χ1v) is 7.69. The molecule has 1 aromatic heterocycles. The topological polar surface area (TPSA) is 138 Å². The largest absolute Gasteiger partial charge is 0.508 e. The third-order valence-corrected chi connectivity index (χ3v) is 4.31. The summed E-state index contributed by atoms with van der Waals surface area (Å²) < 4.78 is 5.00. The Bertz CT molecular complexity index is 990. The molecule has 7 nitrogen and oxygen atoms in total. The highest BCUT2D eigenvalue weighted by atomic mass is 32.2. The van der Waals surface area contributed by atoms with E-state index in [4.69, 9.17) is 15.6 Å². The van der Waals surface area contributed by atoms with Gasteiger partial charge in [0.15, 0.2) is 11.0 Å².